The highest BCUT2D eigenvalue weighted by Gasteiger charge is 2.42. The second kappa shape index (κ2) is 7.97. The van der Waals surface area contributed by atoms with Gasteiger partial charge in [-0.1, -0.05) is 26.8 Å². The summed E-state index contributed by atoms with van der Waals surface area (Å²) >= 11 is 0. The van der Waals surface area contributed by atoms with Crippen molar-refractivity contribution in [3.8, 4) is 22.8 Å². The van der Waals surface area contributed by atoms with E-state index in [0.717, 1.165) is 31.4 Å². The third kappa shape index (κ3) is 3.60. The van der Waals surface area contributed by atoms with Crippen LogP contribution in [0.5, 0.6) is 5.75 Å². The Balaban J connectivity index is 1.55. The fourth-order valence-corrected chi connectivity index (χ4v) is 4.24. The van der Waals surface area contributed by atoms with Crippen LogP contribution in [0.2, 0.25) is 0 Å². The van der Waals surface area contributed by atoms with Crippen molar-refractivity contribution in [2.24, 2.45) is 11.3 Å². The van der Waals surface area contributed by atoms with Gasteiger partial charge in [-0.2, -0.15) is 0 Å². The van der Waals surface area contributed by atoms with Gasteiger partial charge in [0.1, 0.15) is 17.6 Å². The van der Waals surface area contributed by atoms with E-state index in [-0.39, 0.29) is 17.1 Å². The van der Waals surface area contributed by atoms with Crippen LogP contribution in [-0.4, -0.2) is 36.0 Å². The second-order valence-corrected chi connectivity index (χ2v) is 8.27. The van der Waals surface area contributed by atoms with Crippen molar-refractivity contribution < 1.29 is 9.50 Å². The van der Waals surface area contributed by atoms with Gasteiger partial charge in [0.05, 0.1) is 23.8 Å². The minimum atomic E-state index is -0.954. The van der Waals surface area contributed by atoms with Crippen molar-refractivity contribution in [3.63, 3.8) is 0 Å². The van der Waals surface area contributed by atoms with E-state index in [0.29, 0.717) is 22.7 Å². The van der Waals surface area contributed by atoms with Crippen LogP contribution in [0.15, 0.2) is 49.7 Å². The third-order valence-electron chi connectivity index (χ3n) is 6.45. The lowest BCUT2D eigenvalue weighted by atomic mass is 9.66. The van der Waals surface area contributed by atoms with Crippen LogP contribution >= 0.6 is 0 Å². The van der Waals surface area contributed by atoms with Crippen LogP contribution in [0.1, 0.15) is 45.2 Å². The molecule has 0 saturated heterocycles. The molecule has 0 aliphatic heterocycles. The molecule has 0 amide bonds. The molecule has 1 aromatic carbocycles. The molecular weight excluding hydrogens is 381 g/mol. The molecule has 1 aliphatic carbocycles. The number of phenols is 1. The van der Waals surface area contributed by atoms with E-state index in [4.69, 9.17) is 0 Å². The molecule has 2 aromatic heterocycles. The maximum atomic E-state index is 15.2. The Morgan fingerprint density at radius 3 is 2.83 bits per heavy atom. The van der Waals surface area contributed by atoms with E-state index in [1.165, 1.54) is 0 Å². The molecule has 156 valence electrons. The van der Waals surface area contributed by atoms with Crippen molar-refractivity contribution in [3.05, 3.63) is 55.4 Å². The number of benzene rings is 1. The highest BCUT2D eigenvalue weighted by molar-refractivity contribution is 5.67. The average Bonchev–Trinajstić information content (AvgIpc) is 3.30. The van der Waals surface area contributed by atoms with Crippen LogP contribution in [0.4, 0.5) is 4.39 Å². The molecule has 6 nitrogen and oxygen atoms in total. The van der Waals surface area contributed by atoms with Gasteiger partial charge in [0.15, 0.2) is 5.82 Å². The Hall–Kier alpha value is -3.09. The maximum absolute atomic E-state index is 15.2. The first-order valence-corrected chi connectivity index (χ1v) is 10.3. The zero-order chi connectivity index (χ0) is 21.3. The van der Waals surface area contributed by atoms with Crippen molar-refractivity contribution in [1.82, 2.24) is 24.7 Å². The number of allylic oxidation sites excluding steroid dienone is 1. The van der Waals surface area contributed by atoms with Crippen molar-refractivity contribution in [2.75, 3.05) is 0 Å². The van der Waals surface area contributed by atoms with Crippen LogP contribution in [0.3, 0.4) is 0 Å². The number of phenolic OH excluding ortho intramolecular Hbond substituents is 1. The fourth-order valence-electron chi connectivity index (χ4n) is 4.24. The number of alkyl halides is 1. The summed E-state index contributed by atoms with van der Waals surface area (Å²) in [6.45, 7) is 8.17. The number of nitrogens with zero attached hydrogens (tertiary/aromatic N) is 5. The van der Waals surface area contributed by atoms with Gasteiger partial charge in [0.2, 0.25) is 0 Å². The molecule has 0 spiro atoms. The molecule has 1 N–H and O–H groups in total. The summed E-state index contributed by atoms with van der Waals surface area (Å²) in [4.78, 5) is 8.37. The first-order valence-electron chi connectivity index (χ1n) is 10.3. The lowest BCUT2D eigenvalue weighted by Crippen LogP contribution is -2.39. The monoisotopic (exact) mass is 407 g/mol. The molecule has 30 heavy (non-hydrogen) atoms. The molecule has 3 atom stereocenters. The summed E-state index contributed by atoms with van der Waals surface area (Å²) in [5, 5.41) is 18.9. The van der Waals surface area contributed by atoms with Crippen molar-refractivity contribution >= 4 is 5.57 Å². The van der Waals surface area contributed by atoms with Gasteiger partial charge in [0, 0.05) is 24.4 Å². The molecule has 4 rings (SSSR count). The molecule has 7 heteroatoms. The van der Waals surface area contributed by atoms with Gasteiger partial charge < -0.3 is 9.67 Å². The smallest absolute Gasteiger partial charge is 0.185 e. The van der Waals surface area contributed by atoms with E-state index < -0.39 is 6.17 Å². The van der Waals surface area contributed by atoms with E-state index >= 15 is 4.39 Å². The molecule has 1 saturated carbocycles. The Labute approximate surface area is 175 Å². The predicted octanol–water partition coefficient (Wildman–Crippen LogP) is 5.00. The van der Waals surface area contributed by atoms with Crippen LogP contribution in [0, 0.1) is 11.3 Å². The predicted molar refractivity (Wildman–Crippen MR) is 114 cm³/mol. The van der Waals surface area contributed by atoms with Gasteiger partial charge in [-0.3, -0.25) is 0 Å². The van der Waals surface area contributed by atoms with E-state index in [9.17, 15) is 5.11 Å². The quantitative estimate of drug-likeness (QED) is 0.644. The Morgan fingerprint density at radius 2 is 2.20 bits per heavy atom. The number of rotatable bonds is 5. The second-order valence-electron chi connectivity index (χ2n) is 8.27. The summed E-state index contributed by atoms with van der Waals surface area (Å²) in [5.74, 6) is 0.0815. The lowest BCUT2D eigenvalue weighted by Gasteiger charge is -2.41. The third-order valence-corrected chi connectivity index (χ3v) is 6.45. The summed E-state index contributed by atoms with van der Waals surface area (Å²) < 4.78 is 17.0. The first kappa shape index (κ1) is 20.2. The molecule has 0 unspecified atom stereocenters. The van der Waals surface area contributed by atoms with E-state index in [1.54, 1.807) is 41.6 Å². The normalized spacial score (nSPS) is 24.0. The molecule has 3 aromatic rings. The van der Waals surface area contributed by atoms with Crippen LogP contribution in [0.25, 0.3) is 22.6 Å². The largest absolute Gasteiger partial charge is 0.507 e. The number of aromatic hydroxyl groups is 1. The Kier molecular flexibility index (Phi) is 5.37. The minimum Gasteiger partial charge on any atom is -0.507 e. The number of aromatic nitrogens is 5. The lowest BCUT2D eigenvalue weighted by molar-refractivity contribution is 0.0410. The van der Waals surface area contributed by atoms with Gasteiger partial charge in [0.25, 0.3) is 0 Å². The molecule has 0 bridgehead atoms. The summed E-state index contributed by atoms with van der Waals surface area (Å²) in [6.07, 6.45) is 9.16. The topological polar surface area (TPSA) is 76.7 Å². The summed E-state index contributed by atoms with van der Waals surface area (Å²) in [7, 11) is 0. The highest BCUT2D eigenvalue weighted by atomic mass is 19.1. The fraction of sp³-hybridized carbons (Fsp3) is 0.391. The SMILES string of the molecule is C=C(c1cnc(-c2ccc(-n3ccnc3)cc2O)nn1)[C@@H]1CCC[C@](C)(CC)[C@@H]1F. The molecular formula is C23H26FN5O. The number of hydrogen-bond acceptors (Lipinski definition) is 5. The minimum absolute atomic E-state index is 0.0457. The molecule has 1 fully saturated rings. The first-order chi connectivity index (χ1) is 14.4. The zero-order valence-corrected chi connectivity index (χ0v) is 17.3. The number of imidazole rings is 1. The average molecular weight is 407 g/mol. The van der Waals surface area contributed by atoms with Gasteiger partial charge >= 0.3 is 0 Å². The van der Waals surface area contributed by atoms with Gasteiger partial charge in [-0.05, 0) is 42.4 Å². The number of halogens is 1. The number of hydrogen-bond donors (Lipinski definition) is 1. The molecule has 0 radical (unpaired) electrons. The summed E-state index contributed by atoms with van der Waals surface area (Å²) in [6, 6.07) is 5.20. The standard InChI is InChI=1S/C23H26FN5O/c1-4-23(3)9-5-6-17(21(23)24)15(2)19-13-26-22(28-27-19)18-8-7-16(12-20(18)30)29-11-10-25-14-29/h7-8,10-14,17,21,30H,2,4-6,9H2,1,3H3/t17-,21+,23-/m0/s1. The van der Waals surface area contributed by atoms with Crippen LogP contribution < -0.4 is 0 Å². The van der Waals surface area contributed by atoms with Crippen LogP contribution in [-0.2, 0) is 0 Å². The zero-order valence-electron chi connectivity index (χ0n) is 17.3. The molecule has 2 heterocycles. The molecule has 1 aliphatic rings. The van der Waals surface area contributed by atoms with Crippen molar-refractivity contribution in [1.29, 1.82) is 0 Å². The van der Waals surface area contributed by atoms with Crippen molar-refractivity contribution in [2.45, 2.75) is 45.7 Å². The Bertz CT molecular complexity index is 1030. The van der Waals surface area contributed by atoms with Gasteiger partial charge in [-0.25, -0.2) is 14.4 Å². The maximum Gasteiger partial charge on any atom is 0.185 e. The Morgan fingerprint density at radius 1 is 1.37 bits per heavy atom. The van der Waals surface area contributed by atoms with E-state index in [2.05, 4.69) is 26.7 Å². The highest BCUT2D eigenvalue weighted by Crippen LogP contribution is 2.47. The summed E-state index contributed by atoms with van der Waals surface area (Å²) in [5.41, 5.74) is 2.07. The van der Waals surface area contributed by atoms with Gasteiger partial charge in [-0.15, -0.1) is 10.2 Å². The van der Waals surface area contributed by atoms with E-state index in [1.807, 2.05) is 19.9 Å².